The molecule has 1 aliphatic carbocycles. The van der Waals surface area contributed by atoms with Gasteiger partial charge in [-0.2, -0.15) is 13.2 Å². The molecule has 1 aromatic heterocycles. The second kappa shape index (κ2) is 10.7. The summed E-state index contributed by atoms with van der Waals surface area (Å²) in [5.74, 6) is 0.0468. The monoisotopic (exact) mass is 470 g/mol. The molecular formula is C23H33F3N4O3. The molecule has 33 heavy (non-hydrogen) atoms. The van der Waals surface area contributed by atoms with Gasteiger partial charge in [-0.05, 0) is 57.9 Å². The lowest BCUT2D eigenvalue weighted by atomic mass is 9.80. The van der Waals surface area contributed by atoms with Crippen LogP contribution in [-0.2, 0) is 15.7 Å². The zero-order chi connectivity index (χ0) is 24.2. The first-order valence-corrected chi connectivity index (χ1v) is 11.4. The quantitative estimate of drug-likeness (QED) is 0.569. The Balaban J connectivity index is 1.61. The molecule has 0 saturated heterocycles. The first kappa shape index (κ1) is 25.3. The molecule has 2 aromatic rings. The predicted octanol–water partition coefficient (Wildman–Crippen LogP) is 4.29. The number of carbonyl (C=O) groups is 1. The molecular weight excluding hydrogens is 437 g/mol. The van der Waals surface area contributed by atoms with Gasteiger partial charge in [0.2, 0.25) is 5.91 Å². The molecule has 2 N–H and O–H groups in total. The second-order valence-corrected chi connectivity index (χ2v) is 8.87. The van der Waals surface area contributed by atoms with Crippen molar-refractivity contribution in [2.24, 2.45) is 5.92 Å². The highest BCUT2D eigenvalue weighted by atomic mass is 19.4. The van der Waals surface area contributed by atoms with E-state index in [4.69, 9.17) is 9.26 Å². The Bertz CT molecular complexity index is 931. The normalized spacial score (nSPS) is 21.7. The van der Waals surface area contributed by atoms with E-state index in [1.165, 1.54) is 6.07 Å². The van der Waals surface area contributed by atoms with Gasteiger partial charge < -0.3 is 19.9 Å². The summed E-state index contributed by atoms with van der Waals surface area (Å²) in [5.41, 5.74) is -0.581. The minimum absolute atomic E-state index is 0.0211. The SMILES string of the molecule is CCN(C(C)C)C1CCC(NC(=O)CNc2noc3ccc(C(F)(F)F)cc23)C(COC)C1. The Hall–Kier alpha value is -2.33. The lowest BCUT2D eigenvalue weighted by Crippen LogP contribution is -2.52. The topological polar surface area (TPSA) is 79.6 Å². The van der Waals surface area contributed by atoms with E-state index in [1.54, 1.807) is 7.11 Å². The number of rotatable bonds is 9. The fourth-order valence-electron chi connectivity index (χ4n) is 4.84. The fourth-order valence-corrected chi connectivity index (χ4v) is 4.84. The number of ether oxygens (including phenoxy) is 1. The van der Waals surface area contributed by atoms with E-state index in [0.29, 0.717) is 18.7 Å². The standard InChI is InChI=1S/C23H33F3N4O3/c1-5-30(14(2)3)17-7-8-19(15(10-17)13-32-4)28-21(31)12-27-22-18-11-16(23(24,25)26)6-9-20(18)33-29-22/h6,9,11,14-15,17,19H,5,7-8,10,12-13H2,1-4H3,(H,27,29)(H,28,31). The first-order valence-electron chi connectivity index (χ1n) is 11.4. The third kappa shape index (κ3) is 6.17. The van der Waals surface area contributed by atoms with E-state index in [9.17, 15) is 18.0 Å². The molecule has 0 aliphatic heterocycles. The molecule has 1 aromatic carbocycles. The number of hydrogen-bond donors (Lipinski definition) is 2. The maximum absolute atomic E-state index is 13.0. The smallest absolute Gasteiger partial charge is 0.384 e. The van der Waals surface area contributed by atoms with Gasteiger partial charge in [-0.15, -0.1) is 0 Å². The molecule has 0 radical (unpaired) electrons. The number of carbonyl (C=O) groups excluding carboxylic acids is 1. The lowest BCUT2D eigenvalue weighted by molar-refractivity contribution is -0.137. The van der Waals surface area contributed by atoms with Gasteiger partial charge >= 0.3 is 6.18 Å². The third-order valence-electron chi connectivity index (χ3n) is 6.39. The first-order chi connectivity index (χ1) is 15.6. The van der Waals surface area contributed by atoms with E-state index in [0.717, 1.165) is 37.9 Å². The number of aromatic nitrogens is 1. The number of nitrogens with zero attached hydrogens (tertiary/aromatic N) is 2. The molecule has 3 unspecified atom stereocenters. The molecule has 3 rings (SSSR count). The Morgan fingerprint density at radius 3 is 2.73 bits per heavy atom. The Morgan fingerprint density at radius 2 is 2.09 bits per heavy atom. The van der Waals surface area contributed by atoms with Crippen LogP contribution < -0.4 is 10.6 Å². The van der Waals surface area contributed by atoms with Gasteiger partial charge in [0.05, 0.1) is 24.1 Å². The number of alkyl halides is 3. The minimum Gasteiger partial charge on any atom is -0.384 e. The van der Waals surface area contributed by atoms with Crippen molar-refractivity contribution in [1.29, 1.82) is 0 Å². The van der Waals surface area contributed by atoms with Crippen LogP contribution in [0.2, 0.25) is 0 Å². The van der Waals surface area contributed by atoms with Gasteiger partial charge in [-0.25, -0.2) is 0 Å². The van der Waals surface area contributed by atoms with Crippen molar-refractivity contribution < 1.29 is 27.2 Å². The molecule has 1 fully saturated rings. The van der Waals surface area contributed by atoms with Gasteiger partial charge in [-0.1, -0.05) is 12.1 Å². The summed E-state index contributed by atoms with van der Waals surface area (Å²) >= 11 is 0. The molecule has 3 atom stereocenters. The third-order valence-corrected chi connectivity index (χ3v) is 6.39. The highest BCUT2D eigenvalue weighted by Gasteiger charge is 2.34. The number of halogens is 3. The van der Waals surface area contributed by atoms with Crippen molar-refractivity contribution in [3.63, 3.8) is 0 Å². The summed E-state index contributed by atoms with van der Waals surface area (Å²) < 4.78 is 49.6. The van der Waals surface area contributed by atoms with E-state index in [-0.39, 0.29) is 41.2 Å². The fraction of sp³-hybridized carbons (Fsp3) is 0.652. The molecule has 1 aliphatic rings. The molecule has 7 nitrogen and oxygen atoms in total. The van der Waals surface area contributed by atoms with Crippen LogP contribution in [0.4, 0.5) is 19.0 Å². The Kier molecular flexibility index (Phi) is 8.23. The van der Waals surface area contributed by atoms with Crippen LogP contribution in [0.3, 0.4) is 0 Å². The van der Waals surface area contributed by atoms with Crippen LogP contribution in [-0.4, -0.2) is 60.9 Å². The summed E-state index contributed by atoms with van der Waals surface area (Å²) in [5, 5.41) is 9.84. The van der Waals surface area contributed by atoms with Gasteiger partial charge in [0.1, 0.15) is 0 Å². The number of amides is 1. The highest BCUT2D eigenvalue weighted by Crippen LogP contribution is 2.34. The number of anilines is 1. The number of benzene rings is 1. The van der Waals surface area contributed by atoms with E-state index >= 15 is 0 Å². The number of nitrogens with one attached hydrogen (secondary N) is 2. The minimum atomic E-state index is -4.47. The van der Waals surface area contributed by atoms with Crippen LogP contribution in [0.1, 0.15) is 45.6 Å². The Labute approximate surface area is 192 Å². The van der Waals surface area contributed by atoms with Crippen molar-refractivity contribution in [1.82, 2.24) is 15.4 Å². The average Bonchev–Trinajstić information content (AvgIpc) is 3.16. The van der Waals surface area contributed by atoms with Crippen LogP contribution in [0.15, 0.2) is 22.7 Å². The predicted molar refractivity (Wildman–Crippen MR) is 120 cm³/mol. The summed E-state index contributed by atoms with van der Waals surface area (Å²) in [6.07, 6.45) is -1.71. The molecule has 1 amide bonds. The molecule has 0 spiro atoms. The van der Waals surface area contributed by atoms with Gasteiger partial charge in [-0.3, -0.25) is 9.69 Å². The summed E-state index contributed by atoms with van der Waals surface area (Å²) in [6.45, 7) is 7.96. The maximum Gasteiger partial charge on any atom is 0.416 e. The van der Waals surface area contributed by atoms with Gasteiger partial charge in [0.25, 0.3) is 0 Å². The number of methoxy groups -OCH3 is 1. The lowest BCUT2D eigenvalue weighted by Gasteiger charge is -2.42. The van der Waals surface area contributed by atoms with Crippen LogP contribution >= 0.6 is 0 Å². The molecule has 1 heterocycles. The van der Waals surface area contributed by atoms with Gasteiger partial charge in [0, 0.05) is 31.2 Å². The molecule has 0 bridgehead atoms. The van der Waals surface area contributed by atoms with Crippen molar-refractivity contribution in [3.8, 4) is 0 Å². The molecule has 184 valence electrons. The highest BCUT2D eigenvalue weighted by molar-refractivity contribution is 5.90. The zero-order valence-electron chi connectivity index (χ0n) is 19.5. The number of fused-ring (bicyclic) bond motifs is 1. The average molecular weight is 471 g/mol. The maximum atomic E-state index is 13.0. The zero-order valence-corrected chi connectivity index (χ0v) is 19.5. The van der Waals surface area contributed by atoms with Gasteiger partial charge in [0.15, 0.2) is 11.4 Å². The van der Waals surface area contributed by atoms with Crippen molar-refractivity contribution in [2.75, 3.05) is 32.1 Å². The molecule has 1 saturated carbocycles. The second-order valence-electron chi connectivity index (χ2n) is 8.87. The van der Waals surface area contributed by atoms with Crippen LogP contribution in [0.5, 0.6) is 0 Å². The Morgan fingerprint density at radius 1 is 1.33 bits per heavy atom. The van der Waals surface area contributed by atoms with Crippen LogP contribution in [0.25, 0.3) is 11.0 Å². The summed E-state index contributed by atoms with van der Waals surface area (Å²) in [7, 11) is 1.66. The molecule has 10 heteroatoms. The van der Waals surface area contributed by atoms with E-state index in [1.807, 2.05) is 0 Å². The summed E-state index contributed by atoms with van der Waals surface area (Å²) in [6, 6.07) is 4.01. The van der Waals surface area contributed by atoms with Crippen molar-refractivity contribution in [3.05, 3.63) is 23.8 Å². The van der Waals surface area contributed by atoms with E-state index in [2.05, 4.69) is 41.5 Å². The summed E-state index contributed by atoms with van der Waals surface area (Å²) in [4.78, 5) is 15.1. The number of hydrogen-bond acceptors (Lipinski definition) is 6. The van der Waals surface area contributed by atoms with Crippen LogP contribution in [0, 0.1) is 5.92 Å². The largest absolute Gasteiger partial charge is 0.416 e. The van der Waals surface area contributed by atoms with E-state index < -0.39 is 11.7 Å². The van der Waals surface area contributed by atoms with Crippen molar-refractivity contribution >= 4 is 22.7 Å². The van der Waals surface area contributed by atoms with Crippen molar-refractivity contribution in [2.45, 2.75) is 64.3 Å².